The fourth-order valence-electron chi connectivity index (χ4n) is 3.01. The van der Waals surface area contributed by atoms with Crippen LogP contribution in [-0.2, 0) is 27.7 Å². The molecular weight excluding hydrogens is 330 g/mol. The molecule has 1 aliphatic rings. The van der Waals surface area contributed by atoms with Gasteiger partial charge in [-0.1, -0.05) is 0 Å². The van der Waals surface area contributed by atoms with Crippen LogP contribution < -0.4 is 0 Å². The Kier molecular flexibility index (Phi) is 4.75. The lowest BCUT2D eigenvalue weighted by Gasteiger charge is -2.35. The molecule has 2 aromatic rings. The summed E-state index contributed by atoms with van der Waals surface area (Å²) < 4.78 is 31.5. The van der Waals surface area contributed by atoms with Crippen LogP contribution >= 0.6 is 0 Å². The molecule has 0 bridgehead atoms. The maximum Gasteiger partial charge on any atom is 0.178 e. The Labute approximate surface area is 141 Å². The lowest BCUT2D eigenvalue weighted by atomic mass is 10.1. The van der Waals surface area contributed by atoms with Crippen molar-refractivity contribution in [1.82, 2.24) is 24.9 Å². The van der Waals surface area contributed by atoms with Gasteiger partial charge in [-0.15, -0.1) is 0 Å². The van der Waals surface area contributed by atoms with Crippen molar-refractivity contribution in [2.45, 2.75) is 37.9 Å². The van der Waals surface area contributed by atoms with E-state index in [1.54, 1.807) is 0 Å². The maximum atomic E-state index is 12.0. The Hall–Kier alpha value is -1.71. The summed E-state index contributed by atoms with van der Waals surface area (Å²) in [6.07, 6.45) is 4.62. The van der Waals surface area contributed by atoms with Gasteiger partial charge in [0, 0.05) is 37.7 Å². The van der Waals surface area contributed by atoms with Gasteiger partial charge in [-0.05, 0) is 13.8 Å². The van der Waals surface area contributed by atoms with Crippen LogP contribution in [0.1, 0.15) is 29.9 Å². The third kappa shape index (κ3) is 3.38. The predicted octanol–water partition coefficient (Wildman–Crippen LogP) is 0.912. The Morgan fingerprint density at radius 2 is 2.25 bits per heavy atom. The summed E-state index contributed by atoms with van der Waals surface area (Å²) in [4.78, 5) is 2.46. The highest BCUT2D eigenvalue weighted by Crippen LogP contribution is 2.29. The topological polar surface area (TPSA) is 93.1 Å². The van der Waals surface area contributed by atoms with Gasteiger partial charge in [-0.25, -0.2) is 8.42 Å². The molecule has 9 heteroatoms. The quantitative estimate of drug-likeness (QED) is 0.859. The summed E-state index contributed by atoms with van der Waals surface area (Å²) in [5.41, 5.74) is 2.73. The van der Waals surface area contributed by atoms with Gasteiger partial charge >= 0.3 is 0 Å². The number of hydrogen-bond donors (Lipinski definition) is 1. The van der Waals surface area contributed by atoms with Crippen LogP contribution in [0.15, 0.2) is 17.3 Å². The highest BCUT2D eigenvalue weighted by Gasteiger charge is 2.31. The summed E-state index contributed by atoms with van der Waals surface area (Å²) in [5, 5.41) is 11.3. The van der Waals surface area contributed by atoms with Crippen molar-refractivity contribution >= 4 is 9.84 Å². The zero-order chi connectivity index (χ0) is 17.3. The summed E-state index contributed by atoms with van der Waals surface area (Å²) in [5.74, 6) is 0. The molecule has 0 saturated carbocycles. The Morgan fingerprint density at radius 1 is 1.46 bits per heavy atom. The first-order valence-electron chi connectivity index (χ1n) is 7.98. The first kappa shape index (κ1) is 17.1. The van der Waals surface area contributed by atoms with E-state index in [9.17, 15) is 8.42 Å². The lowest BCUT2D eigenvalue weighted by Crippen LogP contribution is -2.39. The number of ether oxygens (including phenoxy) is 1. The van der Waals surface area contributed by atoms with Crippen molar-refractivity contribution in [2.75, 3.05) is 26.0 Å². The molecule has 1 atom stereocenters. The number of rotatable bonds is 5. The van der Waals surface area contributed by atoms with Crippen LogP contribution in [0.4, 0.5) is 0 Å². The number of aromatic nitrogens is 4. The zero-order valence-corrected chi connectivity index (χ0v) is 15.0. The summed E-state index contributed by atoms with van der Waals surface area (Å²) >= 11 is 0. The molecule has 1 fully saturated rings. The largest absolute Gasteiger partial charge is 0.378 e. The predicted molar refractivity (Wildman–Crippen MR) is 88.3 cm³/mol. The average Bonchev–Trinajstić information content (AvgIpc) is 3.15. The Bertz CT molecular complexity index is 811. The first-order chi connectivity index (χ1) is 11.4. The van der Waals surface area contributed by atoms with E-state index in [1.807, 2.05) is 17.8 Å². The Morgan fingerprint density at radius 3 is 2.92 bits per heavy atom. The van der Waals surface area contributed by atoms with Gasteiger partial charge in [-0.2, -0.15) is 10.2 Å². The highest BCUT2D eigenvalue weighted by molar-refractivity contribution is 7.90. The van der Waals surface area contributed by atoms with Crippen LogP contribution in [0.25, 0.3) is 0 Å². The van der Waals surface area contributed by atoms with Crippen LogP contribution in [0.3, 0.4) is 0 Å². The normalized spacial score (nSPS) is 19.7. The number of nitrogens with one attached hydrogen (secondary N) is 1. The third-order valence-electron chi connectivity index (χ3n) is 4.35. The minimum absolute atomic E-state index is 0.171. The van der Waals surface area contributed by atoms with E-state index in [-0.39, 0.29) is 10.9 Å². The van der Waals surface area contributed by atoms with Crippen LogP contribution in [0.5, 0.6) is 0 Å². The molecule has 0 unspecified atom stereocenters. The van der Waals surface area contributed by atoms with E-state index in [0.29, 0.717) is 25.5 Å². The molecule has 3 heterocycles. The number of hydrogen-bond acceptors (Lipinski definition) is 6. The van der Waals surface area contributed by atoms with E-state index < -0.39 is 9.84 Å². The number of aromatic amines is 1. The minimum Gasteiger partial charge on any atom is -0.378 e. The van der Waals surface area contributed by atoms with Crippen molar-refractivity contribution in [3.05, 3.63) is 29.3 Å². The van der Waals surface area contributed by atoms with Crippen molar-refractivity contribution in [2.24, 2.45) is 0 Å². The molecule has 1 saturated heterocycles. The average molecular weight is 353 g/mol. The summed E-state index contributed by atoms with van der Waals surface area (Å²) in [7, 11) is -3.34. The van der Waals surface area contributed by atoms with Crippen molar-refractivity contribution in [3.63, 3.8) is 0 Å². The van der Waals surface area contributed by atoms with Crippen LogP contribution in [-0.4, -0.2) is 59.3 Å². The van der Waals surface area contributed by atoms with Crippen molar-refractivity contribution in [3.8, 4) is 0 Å². The first-order valence-corrected chi connectivity index (χ1v) is 9.87. The van der Waals surface area contributed by atoms with Gasteiger partial charge in [0.05, 0.1) is 36.8 Å². The molecule has 0 aromatic carbocycles. The molecule has 0 amide bonds. The van der Waals surface area contributed by atoms with Gasteiger partial charge in [0.2, 0.25) is 0 Å². The number of aryl methyl sites for hydroxylation is 2. The lowest BCUT2D eigenvalue weighted by molar-refractivity contribution is -0.0153. The molecule has 3 rings (SSSR count). The van der Waals surface area contributed by atoms with Gasteiger partial charge in [0.25, 0.3) is 0 Å². The SMILES string of the molecule is CCn1cc(CN2CCOC[C@H]2c2[nH]ncc2S(C)(=O)=O)c(C)n1. The third-order valence-corrected chi connectivity index (χ3v) is 5.47. The fourth-order valence-corrected chi connectivity index (χ4v) is 3.83. The number of morpholine rings is 1. The van der Waals surface area contributed by atoms with Crippen molar-refractivity contribution in [1.29, 1.82) is 0 Å². The number of sulfone groups is 1. The zero-order valence-electron chi connectivity index (χ0n) is 14.2. The molecule has 0 aliphatic carbocycles. The molecule has 24 heavy (non-hydrogen) atoms. The standard InChI is InChI=1S/C15H23N5O3S/c1-4-20-9-12(11(2)18-20)8-19-5-6-23-10-13(19)15-14(7-16-17-15)24(3,21)22/h7,9,13H,4-6,8,10H2,1-3H3,(H,16,17)/t13-/m0/s1. The number of nitrogens with zero attached hydrogens (tertiary/aromatic N) is 4. The second-order valence-corrected chi connectivity index (χ2v) is 8.06. The molecule has 8 nitrogen and oxygen atoms in total. The monoisotopic (exact) mass is 353 g/mol. The molecule has 0 radical (unpaired) electrons. The molecule has 132 valence electrons. The van der Waals surface area contributed by atoms with Crippen molar-refractivity contribution < 1.29 is 13.2 Å². The molecule has 1 N–H and O–H groups in total. The second kappa shape index (κ2) is 6.66. The van der Waals surface area contributed by atoms with E-state index in [0.717, 1.165) is 24.3 Å². The number of H-pyrrole nitrogens is 1. The van der Waals surface area contributed by atoms with Gasteiger partial charge in [-0.3, -0.25) is 14.7 Å². The van der Waals surface area contributed by atoms with E-state index in [2.05, 4.69) is 27.1 Å². The van der Waals surface area contributed by atoms with Gasteiger partial charge in [0.15, 0.2) is 9.84 Å². The molecular formula is C15H23N5O3S. The van der Waals surface area contributed by atoms with E-state index in [4.69, 9.17) is 4.74 Å². The van der Waals surface area contributed by atoms with E-state index in [1.165, 1.54) is 12.5 Å². The molecule has 1 aliphatic heterocycles. The second-order valence-electron chi connectivity index (χ2n) is 6.08. The summed E-state index contributed by atoms with van der Waals surface area (Å²) in [6.45, 7) is 7.36. The molecule has 0 spiro atoms. The highest BCUT2D eigenvalue weighted by atomic mass is 32.2. The van der Waals surface area contributed by atoms with Crippen LogP contribution in [0, 0.1) is 6.92 Å². The van der Waals surface area contributed by atoms with E-state index >= 15 is 0 Å². The maximum absolute atomic E-state index is 12.0. The van der Waals surface area contributed by atoms with Gasteiger partial charge < -0.3 is 4.74 Å². The Balaban J connectivity index is 1.89. The minimum atomic E-state index is -3.34. The molecule has 2 aromatic heterocycles. The van der Waals surface area contributed by atoms with Gasteiger partial charge in [0.1, 0.15) is 4.90 Å². The van der Waals surface area contributed by atoms with Crippen LogP contribution in [0.2, 0.25) is 0 Å². The summed E-state index contributed by atoms with van der Waals surface area (Å²) in [6, 6.07) is -0.171. The smallest absolute Gasteiger partial charge is 0.178 e. The fraction of sp³-hybridized carbons (Fsp3) is 0.600.